The number of ketones is 1. The van der Waals surface area contributed by atoms with E-state index in [2.05, 4.69) is 22.0 Å². The Labute approximate surface area is 203 Å². The van der Waals surface area contributed by atoms with Crippen LogP contribution in [0.25, 0.3) is 0 Å². The highest BCUT2D eigenvalue weighted by Crippen LogP contribution is 2.34. The topological polar surface area (TPSA) is 69.0 Å². The van der Waals surface area contributed by atoms with Gasteiger partial charge in [-0.05, 0) is 48.2 Å². The smallest absolute Gasteiger partial charge is 0.231 e. The van der Waals surface area contributed by atoms with E-state index in [9.17, 15) is 4.79 Å². The normalized spacial score (nSPS) is 19.9. The SMILES string of the molecule is O=C1C[C@H](c2cccc(Cl)c2)Cc2nc(N3CC[NH+](Cc4ccc5c(c4)OCO5)CC3)ncc21. The molecule has 1 N–H and O–H groups in total. The monoisotopic (exact) mass is 477 g/mol. The van der Waals surface area contributed by atoms with Gasteiger partial charge in [0.15, 0.2) is 17.3 Å². The van der Waals surface area contributed by atoms with Gasteiger partial charge in [0.05, 0.1) is 37.4 Å². The third-order valence-corrected chi connectivity index (χ3v) is 7.23. The van der Waals surface area contributed by atoms with Gasteiger partial charge in [-0.3, -0.25) is 4.79 Å². The molecule has 34 heavy (non-hydrogen) atoms. The third-order valence-electron chi connectivity index (χ3n) is 6.99. The molecular weight excluding hydrogens is 452 g/mol. The summed E-state index contributed by atoms with van der Waals surface area (Å²) in [6.45, 7) is 5.01. The Morgan fingerprint density at radius 1 is 1.06 bits per heavy atom. The lowest BCUT2D eigenvalue weighted by Gasteiger charge is -2.33. The quantitative estimate of drug-likeness (QED) is 0.623. The van der Waals surface area contributed by atoms with Crippen molar-refractivity contribution in [1.82, 2.24) is 9.97 Å². The maximum Gasteiger partial charge on any atom is 0.231 e. The van der Waals surface area contributed by atoms with E-state index in [1.165, 1.54) is 10.5 Å². The number of hydrogen-bond acceptors (Lipinski definition) is 6. The van der Waals surface area contributed by atoms with Crippen LogP contribution in [-0.4, -0.2) is 48.7 Å². The van der Waals surface area contributed by atoms with Crippen molar-refractivity contribution in [1.29, 1.82) is 0 Å². The highest BCUT2D eigenvalue weighted by Gasteiger charge is 2.30. The van der Waals surface area contributed by atoms with Gasteiger partial charge in [-0.25, -0.2) is 9.97 Å². The minimum atomic E-state index is 0.101. The van der Waals surface area contributed by atoms with E-state index in [0.29, 0.717) is 23.8 Å². The van der Waals surface area contributed by atoms with Crippen LogP contribution in [0.15, 0.2) is 48.7 Å². The van der Waals surface area contributed by atoms with Gasteiger partial charge in [-0.1, -0.05) is 23.7 Å². The Morgan fingerprint density at radius 2 is 1.91 bits per heavy atom. The Morgan fingerprint density at radius 3 is 2.76 bits per heavy atom. The van der Waals surface area contributed by atoms with Crippen LogP contribution in [0, 0.1) is 0 Å². The number of nitrogens with zero attached hydrogens (tertiary/aromatic N) is 3. The Bertz CT molecular complexity index is 1240. The fourth-order valence-corrected chi connectivity index (χ4v) is 5.32. The standard InChI is InChI=1S/C26H25ClN4O3/c27-20-3-1-2-18(11-20)19-12-22-21(23(32)13-19)14-28-26(29-22)31-8-6-30(7-9-31)15-17-4-5-24-25(10-17)34-16-33-24/h1-5,10-11,14,19H,6-9,12-13,15-16H2/p+1/t19-/m1/s1. The molecule has 3 aromatic rings. The first kappa shape index (κ1) is 21.4. The van der Waals surface area contributed by atoms with Crippen LogP contribution < -0.4 is 19.3 Å². The van der Waals surface area contributed by atoms with Crippen LogP contribution in [0.4, 0.5) is 5.95 Å². The molecule has 0 unspecified atom stereocenters. The molecule has 1 aliphatic carbocycles. The summed E-state index contributed by atoms with van der Waals surface area (Å²) in [5.74, 6) is 2.59. The second kappa shape index (κ2) is 8.89. The molecule has 0 spiro atoms. The number of rotatable bonds is 4. The zero-order valence-electron chi connectivity index (χ0n) is 18.8. The van der Waals surface area contributed by atoms with E-state index in [-0.39, 0.29) is 11.7 Å². The molecule has 0 amide bonds. The van der Waals surface area contributed by atoms with Gasteiger partial charge < -0.3 is 19.3 Å². The fourth-order valence-electron chi connectivity index (χ4n) is 5.12. The first-order valence-corrected chi connectivity index (χ1v) is 12.1. The van der Waals surface area contributed by atoms with Crippen molar-refractivity contribution in [3.63, 3.8) is 0 Å². The number of quaternary nitrogens is 1. The van der Waals surface area contributed by atoms with Gasteiger partial charge in [0.2, 0.25) is 12.7 Å². The molecule has 0 radical (unpaired) electrons. The molecule has 1 fully saturated rings. The van der Waals surface area contributed by atoms with Crippen LogP contribution in [-0.2, 0) is 13.0 Å². The number of carbonyl (C=O) groups excluding carboxylic acids is 1. The van der Waals surface area contributed by atoms with E-state index in [4.69, 9.17) is 26.1 Å². The second-order valence-electron chi connectivity index (χ2n) is 9.22. The summed E-state index contributed by atoms with van der Waals surface area (Å²) in [5.41, 5.74) is 3.85. The molecular formula is C26H26ClN4O3+. The minimum absolute atomic E-state index is 0.101. The summed E-state index contributed by atoms with van der Waals surface area (Å²) in [4.78, 5) is 25.9. The predicted molar refractivity (Wildman–Crippen MR) is 128 cm³/mol. The van der Waals surface area contributed by atoms with E-state index >= 15 is 0 Å². The van der Waals surface area contributed by atoms with Gasteiger partial charge in [-0.2, -0.15) is 0 Å². The molecule has 2 aromatic carbocycles. The van der Waals surface area contributed by atoms with Gasteiger partial charge >= 0.3 is 0 Å². The first-order chi connectivity index (χ1) is 16.6. The lowest BCUT2D eigenvalue weighted by molar-refractivity contribution is -0.914. The number of Topliss-reactive ketones (excluding diaryl/α,β-unsaturated/α-hetero) is 1. The van der Waals surface area contributed by atoms with E-state index in [1.54, 1.807) is 6.20 Å². The first-order valence-electron chi connectivity index (χ1n) is 11.7. The number of fused-ring (bicyclic) bond motifs is 2. The molecule has 0 bridgehead atoms. The summed E-state index contributed by atoms with van der Waals surface area (Å²) in [7, 11) is 0. The van der Waals surface area contributed by atoms with Gasteiger partial charge in [0.1, 0.15) is 6.54 Å². The number of benzene rings is 2. The largest absolute Gasteiger partial charge is 0.454 e. The molecule has 1 atom stereocenters. The summed E-state index contributed by atoms with van der Waals surface area (Å²) >= 11 is 6.18. The minimum Gasteiger partial charge on any atom is -0.454 e. The predicted octanol–water partition coefficient (Wildman–Crippen LogP) is 2.68. The number of nitrogens with one attached hydrogen (secondary N) is 1. The number of carbonyl (C=O) groups is 1. The van der Waals surface area contributed by atoms with Crippen molar-refractivity contribution in [2.24, 2.45) is 0 Å². The van der Waals surface area contributed by atoms with Crippen molar-refractivity contribution in [3.8, 4) is 11.5 Å². The lowest BCUT2D eigenvalue weighted by Crippen LogP contribution is -3.13. The van der Waals surface area contributed by atoms with Crippen molar-refractivity contribution < 1.29 is 19.2 Å². The van der Waals surface area contributed by atoms with Crippen molar-refractivity contribution in [2.75, 3.05) is 37.9 Å². The van der Waals surface area contributed by atoms with Crippen molar-refractivity contribution in [2.45, 2.75) is 25.3 Å². The Kier molecular flexibility index (Phi) is 5.59. The molecule has 174 valence electrons. The maximum absolute atomic E-state index is 12.8. The number of hydrogen-bond donors (Lipinski definition) is 1. The summed E-state index contributed by atoms with van der Waals surface area (Å²) in [6.07, 6.45) is 2.92. The lowest BCUT2D eigenvalue weighted by atomic mass is 9.82. The molecule has 8 heteroatoms. The molecule has 2 aliphatic heterocycles. The van der Waals surface area contributed by atoms with E-state index < -0.39 is 0 Å². The number of halogens is 1. The number of ether oxygens (including phenoxy) is 2. The van der Waals surface area contributed by atoms with E-state index in [1.807, 2.05) is 30.3 Å². The van der Waals surface area contributed by atoms with Crippen LogP contribution >= 0.6 is 11.6 Å². The molecule has 1 saturated heterocycles. The molecule has 6 rings (SSSR count). The van der Waals surface area contributed by atoms with E-state index in [0.717, 1.165) is 67.8 Å². The number of aromatic nitrogens is 2. The molecule has 3 heterocycles. The average molecular weight is 478 g/mol. The molecule has 1 aromatic heterocycles. The van der Waals surface area contributed by atoms with Gasteiger partial charge in [-0.15, -0.1) is 0 Å². The zero-order chi connectivity index (χ0) is 23.1. The van der Waals surface area contributed by atoms with Crippen molar-refractivity contribution >= 4 is 23.3 Å². The second-order valence-corrected chi connectivity index (χ2v) is 9.65. The average Bonchev–Trinajstić information content (AvgIpc) is 3.32. The Balaban J connectivity index is 1.12. The molecule has 3 aliphatic rings. The van der Waals surface area contributed by atoms with Gasteiger partial charge in [0.25, 0.3) is 0 Å². The highest BCUT2D eigenvalue weighted by molar-refractivity contribution is 6.30. The van der Waals surface area contributed by atoms with Crippen LogP contribution in [0.1, 0.15) is 39.5 Å². The highest BCUT2D eigenvalue weighted by atomic mass is 35.5. The van der Waals surface area contributed by atoms with Gasteiger partial charge in [0, 0.05) is 23.2 Å². The fraction of sp³-hybridized carbons (Fsp3) is 0.346. The van der Waals surface area contributed by atoms with Crippen LogP contribution in [0.2, 0.25) is 5.02 Å². The van der Waals surface area contributed by atoms with Crippen LogP contribution in [0.3, 0.4) is 0 Å². The number of piperazine rings is 1. The maximum atomic E-state index is 12.8. The zero-order valence-corrected chi connectivity index (χ0v) is 19.6. The molecule has 7 nitrogen and oxygen atoms in total. The van der Waals surface area contributed by atoms with Crippen LogP contribution in [0.5, 0.6) is 11.5 Å². The summed E-state index contributed by atoms with van der Waals surface area (Å²) in [5, 5.41) is 0.695. The van der Waals surface area contributed by atoms with Crippen molar-refractivity contribution in [3.05, 3.63) is 76.1 Å². The number of anilines is 1. The summed E-state index contributed by atoms with van der Waals surface area (Å²) < 4.78 is 10.9. The summed E-state index contributed by atoms with van der Waals surface area (Å²) in [6, 6.07) is 14.0. The molecule has 0 saturated carbocycles. The third kappa shape index (κ3) is 4.21. The Hall–Kier alpha value is -3.16.